The molecule has 0 fully saturated rings. The number of anilines is 1. The SMILES string of the molecule is O=C(Nc1ccc2c(c1)oc1ccccc12)c1ccccc1. The summed E-state index contributed by atoms with van der Waals surface area (Å²) in [4.78, 5) is 12.2. The normalized spacial score (nSPS) is 10.9. The van der Waals surface area contributed by atoms with Gasteiger partial charge in [0.2, 0.25) is 0 Å². The Kier molecular flexibility index (Phi) is 2.90. The summed E-state index contributed by atoms with van der Waals surface area (Å²) in [5, 5.41) is 5.03. The quantitative estimate of drug-likeness (QED) is 0.573. The molecule has 1 aromatic heterocycles. The van der Waals surface area contributed by atoms with Crippen LogP contribution in [0.5, 0.6) is 0 Å². The molecule has 0 aliphatic heterocycles. The summed E-state index contributed by atoms with van der Waals surface area (Å²) < 4.78 is 5.83. The Morgan fingerprint density at radius 1 is 0.773 bits per heavy atom. The first kappa shape index (κ1) is 12.7. The van der Waals surface area contributed by atoms with E-state index in [1.165, 1.54) is 0 Å². The van der Waals surface area contributed by atoms with Gasteiger partial charge < -0.3 is 9.73 Å². The topological polar surface area (TPSA) is 42.2 Å². The second-order valence-electron chi connectivity index (χ2n) is 5.13. The van der Waals surface area contributed by atoms with Crippen molar-refractivity contribution >= 4 is 33.5 Å². The molecule has 0 saturated heterocycles. The van der Waals surface area contributed by atoms with Crippen LogP contribution < -0.4 is 5.32 Å². The van der Waals surface area contributed by atoms with Crippen LogP contribution in [0.25, 0.3) is 21.9 Å². The van der Waals surface area contributed by atoms with Crippen molar-refractivity contribution in [1.29, 1.82) is 0 Å². The van der Waals surface area contributed by atoms with Crippen molar-refractivity contribution in [3.05, 3.63) is 78.4 Å². The Morgan fingerprint density at radius 3 is 2.36 bits per heavy atom. The van der Waals surface area contributed by atoms with Crippen LogP contribution in [0.1, 0.15) is 10.4 Å². The van der Waals surface area contributed by atoms with Crippen LogP contribution in [-0.2, 0) is 0 Å². The number of hydrogen-bond donors (Lipinski definition) is 1. The van der Waals surface area contributed by atoms with Crippen LogP contribution in [0, 0.1) is 0 Å². The summed E-state index contributed by atoms with van der Waals surface area (Å²) in [6.07, 6.45) is 0. The monoisotopic (exact) mass is 287 g/mol. The highest BCUT2D eigenvalue weighted by Gasteiger charge is 2.09. The molecule has 106 valence electrons. The highest BCUT2D eigenvalue weighted by Crippen LogP contribution is 2.30. The average molecular weight is 287 g/mol. The maximum atomic E-state index is 12.2. The van der Waals surface area contributed by atoms with E-state index in [1.54, 1.807) is 12.1 Å². The van der Waals surface area contributed by atoms with Crippen molar-refractivity contribution in [2.45, 2.75) is 0 Å². The number of fused-ring (bicyclic) bond motifs is 3. The molecular formula is C19H13NO2. The molecule has 0 aliphatic rings. The van der Waals surface area contributed by atoms with Crippen LogP contribution >= 0.6 is 0 Å². The van der Waals surface area contributed by atoms with Gasteiger partial charge in [0.15, 0.2) is 0 Å². The van der Waals surface area contributed by atoms with Crippen LogP contribution in [-0.4, -0.2) is 5.91 Å². The van der Waals surface area contributed by atoms with Crippen molar-refractivity contribution in [2.24, 2.45) is 0 Å². The zero-order chi connectivity index (χ0) is 14.9. The highest BCUT2D eigenvalue weighted by atomic mass is 16.3. The van der Waals surface area contributed by atoms with E-state index < -0.39 is 0 Å². The van der Waals surface area contributed by atoms with Gasteiger partial charge in [0.05, 0.1) is 0 Å². The molecule has 1 heterocycles. The fraction of sp³-hybridized carbons (Fsp3) is 0. The Bertz CT molecular complexity index is 970. The van der Waals surface area contributed by atoms with Gasteiger partial charge in [-0.1, -0.05) is 36.4 Å². The molecule has 3 heteroatoms. The Labute approximate surface area is 127 Å². The Balaban J connectivity index is 1.71. The minimum atomic E-state index is -0.129. The molecule has 22 heavy (non-hydrogen) atoms. The van der Waals surface area contributed by atoms with Gasteiger partial charge in [-0.15, -0.1) is 0 Å². The molecule has 0 unspecified atom stereocenters. The Hall–Kier alpha value is -3.07. The highest BCUT2D eigenvalue weighted by molar-refractivity contribution is 6.08. The van der Waals surface area contributed by atoms with Crippen LogP contribution in [0.15, 0.2) is 77.2 Å². The molecule has 0 bridgehead atoms. The van der Waals surface area contributed by atoms with E-state index in [0.717, 1.165) is 27.6 Å². The average Bonchev–Trinajstić information content (AvgIpc) is 2.93. The third kappa shape index (κ3) is 2.13. The molecule has 4 rings (SSSR count). The van der Waals surface area contributed by atoms with E-state index in [1.807, 2.05) is 60.7 Å². The first-order chi connectivity index (χ1) is 10.8. The number of furan rings is 1. The summed E-state index contributed by atoms with van der Waals surface area (Å²) in [5.74, 6) is -0.129. The number of nitrogens with one attached hydrogen (secondary N) is 1. The molecule has 0 radical (unpaired) electrons. The van der Waals surface area contributed by atoms with Crippen molar-refractivity contribution < 1.29 is 9.21 Å². The van der Waals surface area contributed by atoms with Crippen molar-refractivity contribution in [1.82, 2.24) is 0 Å². The van der Waals surface area contributed by atoms with Gasteiger partial charge in [0.25, 0.3) is 5.91 Å². The van der Waals surface area contributed by atoms with Gasteiger partial charge in [-0.05, 0) is 30.3 Å². The number of carbonyl (C=O) groups is 1. The number of rotatable bonds is 2. The number of hydrogen-bond acceptors (Lipinski definition) is 2. The zero-order valence-corrected chi connectivity index (χ0v) is 11.7. The first-order valence-electron chi connectivity index (χ1n) is 7.09. The van der Waals surface area contributed by atoms with Crippen molar-refractivity contribution in [2.75, 3.05) is 5.32 Å². The lowest BCUT2D eigenvalue weighted by atomic mass is 10.1. The number of amides is 1. The maximum Gasteiger partial charge on any atom is 0.255 e. The molecular weight excluding hydrogens is 274 g/mol. The second-order valence-corrected chi connectivity index (χ2v) is 5.13. The minimum absolute atomic E-state index is 0.129. The molecule has 0 saturated carbocycles. The molecule has 1 N–H and O–H groups in total. The first-order valence-corrected chi connectivity index (χ1v) is 7.09. The van der Waals surface area contributed by atoms with Crippen molar-refractivity contribution in [3.8, 4) is 0 Å². The van der Waals surface area contributed by atoms with Gasteiger partial charge in [0.1, 0.15) is 11.2 Å². The molecule has 3 aromatic carbocycles. The van der Waals surface area contributed by atoms with E-state index in [9.17, 15) is 4.79 Å². The second kappa shape index (κ2) is 5.04. The third-order valence-corrected chi connectivity index (χ3v) is 3.67. The van der Waals surface area contributed by atoms with Crippen LogP contribution in [0.3, 0.4) is 0 Å². The van der Waals surface area contributed by atoms with Gasteiger partial charge in [-0.2, -0.15) is 0 Å². The van der Waals surface area contributed by atoms with Gasteiger partial charge in [-0.3, -0.25) is 4.79 Å². The number of benzene rings is 3. The fourth-order valence-corrected chi connectivity index (χ4v) is 2.60. The maximum absolute atomic E-state index is 12.2. The van der Waals surface area contributed by atoms with E-state index in [-0.39, 0.29) is 5.91 Å². The zero-order valence-electron chi connectivity index (χ0n) is 11.7. The molecule has 1 amide bonds. The van der Waals surface area contributed by atoms with E-state index >= 15 is 0 Å². The Morgan fingerprint density at radius 2 is 1.50 bits per heavy atom. The summed E-state index contributed by atoms with van der Waals surface area (Å²) in [7, 11) is 0. The predicted molar refractivity (Wildman–Crippen MR) is 88.1 cm³/mol. The third-order valence-electron chi connectivity index (χ3n) is 3.67. The standard InChI is InChI=1S/C19H13NO2/c21-19(13-6-2-1-3-7-13)20-14-10-11-16-15-8-4-5-9-17(15)22-18(16)12-14/h1-12H,(H,20,21). The molecule has 0 atom stereocenters. The molecule has 0 spiro atoms. The summed E-state index contributed by atoms with van der Waals surface area (Å²) in [6, 6.07) is 22.8. The largest absolute Gasteiger partial charge is 0.456 e. The summed E-state index contributed by atoms with van der Waals surface area (Å²) in [6.45, 7) is 0. The lowest BCUT2D eigenvalue weighted by Gasteiger charge is -2.04. The molecule has 4 aromatic rings. The molecule has 0 aliphatic carbocycles. The van der Waals surface area contributed by atoms with E-state index in [0.29, 0.717) is 5.56 Å². The lowest BCUT2D eigenvalue weighted by Crippen LogP contribution is -2.11. The fourth-order valence-electron chi connectivity index (χ4n) is 2.60. The summed E-state index contributed by atoms with van der Waals surface area (Å²) in [5.41, 5.74) is 2.98. The molecule has 3 nitrogen and oxygen atoms in total. The smallest absolute Gasteiger partial charge is 0.255 e. The van der Waals surface area contributed by atoms with Crippen LogP contribution in [0.4, 0.5) is 5.69 Å². The predicted octanol–water partition coefficient (Wildman–Crippen LogP) is 4.84. The van der Waals surface area contributed by atoms with Gasteiger partial charge in [-0.25, -0.2) is 0 Å². The minimum Gasteiger partial charge on any atom is -0.456 e. The van der Waals surface area contributed by atoms with Crippen molar-refractivity contribution in [3.63, 3.8) is 0 Å². The lowest BCUT2D eigenvalue weighted by molar-refractivity contribution is 0.102. The van der Waals surface area contributed by atoms with Gasteiger partial charge >= 0.3 is 0 Å². The van der Waals surface area contributed by atoms with Gasteiger partial charge in [0, 0.05) is 28.1 Å². The van der Waals surface area contributed by atoms with E-state index in [2.05, 4.69) is 5.32 Å². The number of para-hydroxylation sites is 1. The number of carbonyl (C=O) groups excluding carboxylic acids is 1. The summed E-state index contributed by atoms with van der Waals surface area (Å²) >= 11 is 0. The van der Waals surface area contributed by atoms with Crippen LogP contribution in [0.2, 0.25) is 0 Å². The van der Waals surface area contributed by atoms with E-state index in [4.69, 9.17) is 4.42 Å².